The molecule has 2 heterocycles. The number of pyridine rings is 1. The molecular weight excluding hydrogens is 249 g/mol. The highest BCUT2D eigenvalue weighted by molar-refractivity contribution is 7.15. The van der Waals surface area contributed by atoms with Crippen LogP contribution in [-0.2, 0) is 6.54 Å². The number of hydrogen-bond donors (Lipinski definition) is 1. The van der Waals surface area contributed by atoms with E-state index in [1.54, 1.807) is 23.6 Å². The van der Waals surface area contributed by atoms with Crippen LogP contribution in [0.2, 0.25) is 0 Å². The third-order valence-corrected chi connectivity index (χ3v) is 4.21. The Bertz CT molecular complexity index is 563. The third kappa shape index (κ3) is 2.42. The Balaban J connectivity index is 1.84. The predicted octanol–water partition coefficient (Wildman–Crippen LogP) is 2.90. The summed E-state index contributed by atoms with van der Waals surface area (Å²) in [7, 11) is 0. The number of hydrogen-bond acceptors (Lipinski definition) is 4. The largest absolute Gasteiger partial charge is 0.309 e. The second kappa shape index (κ2) is 4.74. The molecule has 1 fully saturated rings. The van der Waals surface area contributed by atoms with Crippen molar-refractivity contribution in [1.82, 2.24) is 15.3 Å². The topological polar surface area (TPSA) is 37.8 Å². The molecule has 0 aliphatic heterocycles. The second-order valence-corrected chi connectivity index (χ2v) is 5.62. The van der Waals surface area contributed by atoms with Crippen LogP contribution in [0.4, 0.5) is 4.39 Å². The molecule has 0 bridgehead atoms. The van der Waals surface area contributed by atoms with Crippen LogP contribution in [0.25, 0.3) is 10.6 Å². The average molecular weight is 263 g/mol. The first-order valence-corrected chi connectivity index (χ1v) is 6.85. The van der Waals surface area contributed by atoms with Crippen LogP contribution < -0.4 is 5.32 Å². The first kappa shape index (κ1) is 11.7. The number of aromatic nitrogens is 2. The quantitative estimate of drug-likeness (QED) is 0.921. The number of halogens is 1. The number of thiazole rings is 1. The molecule has 0 spiro atoms. The molecule has 1 saturated carbocycles. The zero-order chi connectivity index (χ0) is 12.5. The molecule has 0 unspecified atom stereocenters. The molecule has 94 valence electrons. The van der Waals surface area contributed by atoms with Crippen LogP contribution in [0.5, 0.6) is 0 Å². The maximum absolute atomic E-state index is 13.6. The minimum Gasteiger partial charge on any atom is -0.309 e. The van der Waals surface area contributed by atoms with Gasteiger partial charge in [-0.1, -0.05) is 0 Å². The normalized spacial score (nSPS) is 15.0. The monoisotopic (exact) mass is 263 g/mol. The fourth-order valence-electron chi connectivity index (χ4n) is 1.78. The van der Waals surface area contributed by atoms with Gasteiger partial charge in [0.05, 0.1) is 11.9 Å². The van der Waals surface area contributed by atoms with Crippen LogP contribution in [0, 0.1) is 12.7 Å². The number of aryl methyl sites for hydroxylation is 1. The van der Waals surface area contributed by atoms with Gasteiger partial charge in [0.25, 0.3) is 0 Å². The molecule has 1 aliphatic rings. The maximum atomic E-state index is 13.6. The first-order valence-electron chi connectivity index (χ1n) is 6.03. The van der Waals surface area contributed by atoms with Gasteiger partial charge in [0, 0.05) is 29.2 Å². The van der Waals surface area contributed by atoms with Crippen molar-refractivity contribution in [2.75, 3.05) is 0 Å². The number of rotatable bonds is 4. The summed E-state index contributed by atoms with van der Waals surface area (Å²) in [6.45, 7) is 2.81. The number of nitrogens with zero attached hydrogens (tertiary/aromatic N) is 2. The van der Waals surface area contributed by atoms with E-state index in [0.29, 0.717) is 11.6 Å². The average Bonchev–Trinajstić information content (AvgIpc) is 3.11. The van der Waals surface area contributed by atoms with E-state index in [9.17, 15) is 4.39 Å². The van der Waals surface area contributed by atoms with Gasteiger partial charge in [0.2, 0.25) is 0 Å². The fourth-order valence-corrected chi connectivity index (χ4v) is 2.82. The van der Waals surface area contributed by atoms with Crippen molar-refractivity contribution in [1.29, 1.82) is 0 Å². The van der Waals surface area contributed by atoms with Gasteiger partial charge in [-0.15, -0.1) is 11.3 Å². The van der Waals surface area contributed by atoms with Crippen LogP contribution >= 0.6 is 11.3 Å². The number of nitrogens with one attached hydrogen (secondary N) is 1. The van der Waals surface area contributed by atoms with Crippen LogP contribution in [-0.4, -0.2) is 16.0 Å². The van der Waals surface area contributed by atoms with Gasteiger partial charge in [0.15, 0.2) is 5.82 Å². The molecular formula is C13H14FN3S. The molecule has 0 radical (unpaired) electrons. The minimum absolute atomic E-state index is 0.312. The highest BCUT2D eigenvalue weighted by Gasteiger charge is 2.21. The van der Waals surface area contributed by atoms with Gasteiger partial charge in [-0.3, -0.25) is 4.98 Å². The molecule has 3 rings (SSSR count). The Labute approximate surface area is 109 Å². The molecule has 2 aromatic heterocycles. The lowest BCUT2D eigenvalue weighted by Crippen LogP contribution is -2.14. The van der Waals surface area contributed by atoms with Gasteiger partial charge in [-0.05, 0) is 25.8 Å². The van der Waals surface area contributed by atoms with Gasteiger partial charge in [-0.2, -0.15) is 0 Å². The maximum Gasteiger partial charge on any atom is 0.151 e. The highest BCUT2D eigenvalue weighted by Crippen LogP contribution is 2.30. The Morgan fingerprint density at radius 2 is 2.33 bits per heavy atom. The summed E-state index contributed by atoms with van der Waals surface area (Å²) in [5, 5.41) is 4.19. The molecule has 3 nitrogen and oxygen atoms in total. The van der Waals surface area contributed by atoms with Crippen molar-refractivity contribution >= 4 is 11.3 Å². The van der Waals surface area contributed by atoms with E-state index in [1.165, 1.54) is 23.9 Å². The summed E-state index contributed by atoms with van der Waals surface area (Å²) in [5.41, 5.74) is 1.52. The van der Waals surface area contributed by atoms with E-state index >= 15 is 0 Å². The molecule has 5 heteroatoms. The third-order valence-electron chi connectivity index (χ3n) is 3.02. The molecule has 18 heavy (non-hydrogen) atoms. The smallest absolute Gasteiger partial charge is 0.151 e. The summed E-state index contributed by atoms with van der Waals surface area (Å²) in [4.78, 5) is 9.40. The van der Waals surface area contributed by atoms with E-state index in [1.807, 2.05) is 6.92 Å². The molecule has 0 atom stereocenters. The van der Waals surface area contributed by atoms with Crippen molar-refractivity contribution in [3.63, 3.8) is 0 Å². The molecule has 1 aliphatic carbocycles. The SMILES string of the molecule is Cc1nc(-c2ccncc2F)sc1CNC1CC1. The van der Waals surface area contributed by atoms with Gasteiger partial charge >= 0.3 is 0 Å². The zero-order valence-electron chi connectivity index (χ0n) is 10.1. The first-order chi connectivity index (χ1) is 8.74. The van der Waals surface area contributed by atoms with Crippen molar-refractivity contribution in [3.8, 4) is 10.6 Å². The van der Waals surface area contributed by atoms with Crippen molar-refractivity contribution < 1.29 is 4.39 Å². The molecule has 0 saturated heterocycles. The molecule has 2 aromatic rings. The van der Waals surface area contributed by atoms with Crippen molar-refractivity contribution in [2.45, 2.75) is 32.4 Å². The lowest BCUT2D eigenvalue weighted by Gasteiger charge is -1.99. The summed E-state index contributed by atoms with van der Waals surface area (Å²) in [5.74, 6) is -0.312. The summed E-state index contributed by atoms with van der Waals surface area (Å²) in [6, 6.07) is 2.35. The summed E-state index contributed by atoms with van der Waals surface area (Å²) >= 11 is 1.56. The van der Waals surface area contributed by atoms with Crippen LogP contribution in [0.1, 0.15) is 23.4 Å². The van der Waals surface area contributed by atoms with E-state index in [-0.39, 0.29) is 5.82 Å². The standard InChI is InChI=1S/C13H14FN3S/c1-8-12(7-16-9-2-3-9)18-13(17-8)10-4-5-15-6-11(10)14/h4-6,9,16H,2-3,7H2,1H3. The lowest BCUT2D eigenvalue weighted by molar-refractivity contribution is 0.625. The highest BCUT2D eigenvalue weighted by atomic mass is 32.1. The van der Waals surface area contributed by atoms with Gasteiger partial charge in [0.1, 0.15) is 5.01 Å². The van der Waals surface area contributed by atoms with E-state index in [0.717, 1.165) is 17.2 Å². The Morgan fingerprint density at radius 1 is 1.50 bits per heavy atom. The van der Waals surface area contributed by atoms with Gasteiger partial charge < -0.3 is 5.32 Å². The Hall–Kier alpha value is -1.33. The molecule has 0 aromatic carbocycles. The van der Waals surface area contributed by atoms with E-state index in [4.69, 9.17) is 0 Å². The van der Waals surface area contributed by atoms with Crippen molar-refractivity contribution in [2.24, 2.45) is 0 Å². The summed E-state index contributed by atoms with van der Waals surface area (Å²) < 4.78 is 13.6. The summed E-state index contributed by atoms with van der Waals surface area (Å²) in [6.07, 6.45) is 5.36. The zero-order valence-corrected chi connectivity index (χ0v) is 10.9. The van der Waals surface area contributed by atoms with Crippen LogP contribution in [0.3, 0.4) is 0 Å². The lowest BCUT2D eigenvalue weighted by atomic mass is 10.3. The van der Waals surface area contributed by atoms with E-state index in [2.05, 4.69) is 15.3 Å². The Morgan fingerprint density at radius 3 is 3.06 bits per heavy atom. The Kier molecular flexibility index (Phi) is 3.09. The molecule has 0 amide bonds. The van der Waals surface area contributed by atoms with Gasteiger partial charge in [-0.25, -0.2) is 9.37 Å². The van der Waals surface area contributed by atoms with E-state index < -0.39 is 0 Å². The minimum atomic E-state index is -0.312. The van der Waals surface area contributed by atoms with Crippen LogP contribution in [0.15, 0.2) is 18.5 Å². The molecule has 1 N–H and O–H groups in total. The fraction of sp³-hybridized carbons (Fsp3) is 0.385. The second-order valence-electron chi connectivity index (χ2n) is 4.54. The van der Waals surface area contributed by atoms with Crippen molar-refractivity contribution in [3.05, 3.63) is 34.8 Å². The predicted molar refractivity (Wildman–Crippen MR) is 69.9 cm³/mol.